The van der Waals surface area contributed by atoms with E-state index in [1.165, 1.54) is 54.6 Å². The van der Waals surface area contributed by atoms with Crippen molar-refractivity contribution in [3.63, 3.8) is 0 Å². The lowest BCUT2D eigenvalue weighted by atomic mass is 10.0. The molecule has 5 heteroatoms. The summed E-state index contributed by atoms with van der Waals surface area (Å²) >= 11 is 0. The third kappa shape index (κ3) is 5.57. The van der Waals surface area contributed by atoms with Gasteiger partial charge in [-0.15, -0.1) is 0 Å². The lowest BCUT2D eigenvalue weighted by molar-refractivity contribution is 1.08. The summed E-state index contributed by atoms with van der Waals surface area (Å²) in [6.07, 6.45) is 3.81. The molecule has 0 fully saturated rings. The molecule has 0 saturated carbocycles. The van der Waals surface area contributed by atoms with Crippen molar-refractivity contribution in [3.05, 3.63) is 225 Å². The molecule has 13 aromatic rings. The van der Waals surface area contributed by atoms with Gasteiger partial charge in [0.15, 0.2) is 0 Å². The van der Waals surface area contributed by atoms with E-state index in [-0.39, 0.29) is 0 Å². The molecule has 0 bridgehead atoms. The van der Waals surface area contributed by atoms with Crippen LogP contribution in [0.15, 0.2) is 225 Å². The Morgan fingerprint density at radius 1 is 0.238 bits per heavy atom. The number of rotatable bonds is 6. The summed E-state index contributed by atoms with van der Waals surface area (Å²) in [6, 6.07) is 76.4. The zero-order valence-corrected chi connectivity index (χ0v) is 34.1. The van der Waals surface area contributed by atoms with E-state index in [1.807, 2.05) is 18.5 Å². The van der Waals surface area contributed by atoms with E-state index >= 15 is 0 Å². The van der Waals surface area contributed by atoms with E-state index in [1.54, 1.807) is 0 Å². The lowest BCUT2D eigenvalue weighted by Crippen LogP contribution is -1.99. The fourth-order valence-corrected chi connectivity index (χ4v) is 9.85. The van der Waals surface area contributed by atoms with Crippen LogP contribution >= 0.6 is 0 Å². The summed E-state index contributed by atoms with van der Waals surface area (Å²) in [6.45, 7) is 0. The van der Waals surface area contributed by atoms with Gasteiger partial charge < -0.3 is 4.57 Å². The molecule has 0 N–H and O–H groups in total. The van der Waals surface area contributed by atoms with E-state index in [2.05, 4.69) is 220 Å². The Bertz CT molecular complexity index is 3880. The number of benzene rings is 8. The first kappa shape index (κ1) is 35.2. The molecule has 13 rings (SSSR count). The first-order valence-corrected chi connectivity index (χ1v) is 21.4. The van der Waals surface area contributed by atoms with Gasteiger partial charge in [-0.1, -0.05) is 146 Å². The zero-order chi connectivity index (χ0) is 41.4. The van der Waals surface area contributed by atoms with Gasteiger partial charge in [0.2, 0.25) is 0 Å². The van der Waals surface area contributed by atoms with Crippen molar-refractivity contribution in [2.45, 2.75) is 0 Å². The van der Waals surface area contributed by atoms with Crippen LogP contribution in [0.1, 0.15) is 0 Å². The summed E-state index contributed by atoms with van der Waals surface area (Å²) in [5.74, 6) is 1.77. The largest absolute Gasteiger partial charge is 0.309 e. The highest BCUT2D eigenvalue weighted by Gasteiger charge is 2.21. The lowest BCUT2D eigenvalue weighted by Gasteiger charge is -2.12. The van der Waals surface area contributed by atoms with Crippen LogP contribution in [0.2, 0.25) is 0 Å². The number of hydrogen-bond acceptors (Lipinski definition) is 2. The van der Waals surface area contributed by atoms with Crippen LogP contribution in [-0.4, -0.2) is 23.7 Å². The van der Waals surface area contributed by atoms with E-state index in [0.29, 0.717) is 0 Å². The van der Waals surface area contributed by atoms with Gasteiger partial charge in [0, 0.05) is 50.4 Å². The minimum atomic E-state index is 0.875. The predicted molar refractivity (Wildman–Crippen MR) is 261 cm³/mol. The highest BCUT2D eigenvalue weighted by atomic mass is 15.1. The summed E-state index contributed by atoms with van der Waals surface area (Å²) in [7, 11) is 0. The summed E-state index contributed by atoms with van der Waals surface area (Å²) in [4.78, 5) is 9.90. The Labute approximate surface area is 363 Å². The Balaban J connectivity index is 1.07. The summed E-state index contributed by atoms with van der Waals surface area (Å²) in [5.41, 5.74) is 14.8. The number of pyridine rings is 2. The van der Waals surface area contributed by atoms with Gasteiger partial charge in [-0.25, -0.2) is 9.97 Å². The molecule has 0 aliphatic heterocycles. The quantitative estimate of drug-likeness (QED) is 0.168. The Morgan fingerprint density at radius 2 is 0.714 bits per heavy atom. The highest BCUT2D eigenvalue weighted by Crippen LogP contribution is 2.42. The van der Waals surface area contributed by atoms with Crippen molar-refractivity contribution in [1.82, 2.24) is 23.7 Å². The minimum absolute atomic E-state index is 0.875. The van der Waals surface area contributed by atoms with E-state index in [0.717, 1.165) is 61.6 Å². The molecule has 0 spiro atoms. The van der Waals surface area contributed by atoms with E-state index in [4.69, 9.17) is 9.97 Å². The molecule has 0 amide bonds. The van der Waals surface area contributed by atoms with Crippen molar-refractivity contribution in [2.75, 3.05) is 0 Å². The average Bonchev–Trinajstić information content (AvgIpc) is 3.98. The fraction of sp³-hybridized carbons (Fsp3) is 0. The Kier molecular flexibility index (Phi) is 7.84. The molecular weight excluding hydrogens is 767 g/mol. The van der Waals surface area contributed by atoms with Crippen LogP contribution < -0.4 is 0 Å². The molecule has 0 unspecified atom stereocenters. The van der Waals surface area contributed by atoms with Crippen LogP contribution in [-0.2, 0) is 0 Å². The van der Waals surface area contributed by atoms with E-state index < -0.39 is 0 Å². The summed E-state index contributed by atoms with van der Waals surface area (Å²) < 4.78 is 7.09. The van der Waals surface area contributed by atoms with Crippen molar-refractivity contribution in [1.29, 1.82) is 0 Å². The molecule has 5 heterocycles. The second-order valence-corrected chi connectivity index (χ2v) is 16.3. The molecule has 0 saturated heterocycles. The van der Waals surface area contributed by atoms with Crippen molar-refractivity contribution in [2.24, 2.45) is 0 Å². The molecule has 0 atom stereocenters. The van der Waals surface area contributed by atoms with Crippen LogP contribution in [0.25, 0.3) is 116 Å². The average molecular weight is 804 g/mol. The van der Waals surface area contributed by atoms with Gasteiger partial charge >= 0.3 is 0 Å². The standard InChI is InChI=1S/C58H37N5/c1-3-13-38(14-4-1)40-22-24-41(25-23-40)43-30-32-60-58(34-43)63-52-20-10-8-18-46(52)49-36-50-48-28-26-42(39-15-5-2-6-16-39)33-53(48)61(55(50)37-56(49)63)44-27-29-47-45-17-7-9-19-51(45)62(54(47)35-44)57-21-11-12-31-59-57/h1-37H. The minimum Gasteiger partial charge on any atom is -0.309 e. The molecule has 63 heavy (non-hydrogen) atoms. The van der Waals surface area contributed by atoms with Crippen molar-refractivity contribution >= 4 is 65.4 Å². The molecular formula is C58H37N5. The normalized spacial score (nSPS) is 11.8. The topological polar surface area (TPSA) is 40.6 Å². The van der Waals surface area contributed by atoms with Gasteiger partial charge in [0.25, 0.3) is 0 Å². The van der Waals surface area contributed by atoms with Gasteiger partial charge in [0.05, 0.1) is 33.1 Å². The maximum Gasteiger partial charge on any atom is 0.138 e. The molecule has 8 aromatic carbocycles. The third-order valence-electron chi connectivity index (χ3n) is 12.8. The van der Waals surface area contributed by atoms with Crippen LogP contribution in [0.5, 0.6) is 0 Å². The maximum atomic E-state index is 5.06. The second-order valence-electron chi connectivity index (χ2n) is 16.3. The number of fused-ring (bicyclic) bond motifs is 9. The Morgan fingerprint density at radius 3 is 1.43 bits per heavy atom. The molecule has 0 aliphatic rings. The molecule has 5 nitrogen and oxygen atoms in total. The van der Waals surface area contributed by atoms with Gasteiger partial charge in [-0.3, -0.25) is 9.13 Å². The Hall–Kier alpha value is -8.54. The van der Waals surface area contributed by atoms with E-state index in [9.17, 15) is 0 Å². The monoisotopic (exact) mass is 803 g/mol. The SMILES string of the molecule is c1ccc(-c2ccc(-c3ccnc(-n4c5ccccc5c5cc6c7ccc(-c8ccccc8)cc7n(-c7ccc8c9ccccc9n(-c9ccccn9)c8c7)c6cc54)c3)cc2)cc1. The first-order chi connectivity index (χ1) is 31.2. The maximum absolute atomic E-state index is 5.06. The highest BCUT2D eigenvalue weighted by molar-refractivity contribution is 6.20. The predicted octanol–water partition coefficient (Wildman–Crippen LogP) is 14.8. The van der Waals surface area contributed by atoms with Crippen LogP contribution in [0, 0.1) is 0 Å². The van der Waals surface area contributed by atoms with Crippen LogP contribution in [0.3, 0.4) is 0 Å². The number of nitrogens with zero attached hydrogens (tertiary/aromatic N) is 5. The number of hydrogen-bond donors (Lipinski definition) is 0. The molecule has 0 aliphatic carbocycles. The van der Waals surface area contributed by atoms with Gasteiger partial charge in [-0.05, 0) is 100 Å². The van der Waals surface area contributed by atoms with Gasteiger partial charge in [-0.2, -0.15) is 0 Å². The van der Waals surface area contributed by atoms with Crippen LogP contribution in [0.4, 0.5) is 0 Å². The number of aromatic nitrogens is 5. The first-order valence-electron chi connectivity index (χ1n) is 21.4. The molecule has 294 valence electrons. The molecule has 0 radical (unpaired) electrons. The second kappa shape index (κ2) is 14.0. The smallest absolute Gasteiger partial charge is 0.138 e. The number of para-hydroxylation sites is 2. The van der Waals surface area contributed by atoms with Gasteiger partial charge in [0.1, 0.15) is 11.6 Å². The van der Waals surface area contributed by atoms with Crippen molar-refractivity contribution in [3.8, 4) is 50.7 Å². The summed E-state index contributed by atoms with van der Waals surface area (Å²) in [5, 5.41) is 7.17. The zero-order valence-electron chi connectivity index (χ0n) is 34.1. The fourth-order valence-electron chi connectivity index (χ4n) is 9.85. The van der Waals surface area contributed by atoms with Crippen molar-refractivity contribution < 1.29 is 0 Å². The molecule has 5 aromatic heterocycles. The third-order valence-corrected chi connectivity index (χ3v) is 12.8.